The lowest BCUT2D eigenvalue weighted by Crippen LogP contribution is -2.33. The van der Waals surface area contributed by atoms with Gasteiger partial charge in [-0.2, -0.15) is 0 Å². The van der Waals surface area contributed by atoms with Crippen LogP contribution in [0.1, 0.15) is 6.92 Å². The third-order valence-corrected chi connectivity index (χ3v) is 2.03. The van der Waals surface area contributed by atoms with E-state index < -0.39 is 23.8 Å². The van der Waals surface area contributed by atoms with Gasteiger partial charge in [0.2, 0.25) is 0 Å². The summed E-state index contributed by atoms with van der Waals surface area (Å²) < 4.78 is 0. The number of carbonyl (C=O) groups excluding carboxylic acids is 3. The van der Waals surface area contributed by atoms with E-state index in [-0.39, 0.29) is 6.54 Å². The fourth-order valence-corrected chi connectivity index (χ4v) is 1.26. The number of nitrogens with zero attached hydrogens (tertiary/aromatic N) is 2. The number of rotatable bonds is 3. The summed E-state index contributed by atoms with van der Waals surface area (Å²) in [4.78, 5) is 45.5. The van der Waals surface area contributed by atoms with Crippen molar-refractivity contribution < 1.29 is 24.3 Å². The normalized spacial score (nSPS) is 17.4. The maximum absolute atomic E-state index is 11.4. The van der Waals surface area contributed by atoms with Crippen molar-refractivity contribution >= 4 is 23.8 Å². The molecule has 0 radical (unpaired) electrons. The Balaban J connectivity index is 2.84. The third-order valence-electron chi connectivity index (χ3n) is 2.03. The summed E-state index contributed by atoms with van der Waals surface area (Å²) in [5, 5.41) is 8.45. The predicted molar refractivity (Wildman–Crippen MR) is 51.3 cm³/mol. The molecule has 1 saturated heterocycles. The second-order valence-corrected chi connectivity index (χ2v) is 3.37. The zero-order valence-electron chi connectivity index (χ0n) is 8.76. The quantitative estimate of drug-likeness (QED) is 0.395. The lowest BCUT2D eigenvalue weighted by atomic mass is 10.2. The van der Waals surface area contributed by atoms with Gasteiger partial charge in [0, 0.05) is 13.1 Å². The molecule has 0 atom stereocenters. The van der Waals surface area contributed by atoms with Gasteiger partial charge in [0.15, 0.2) is 0 Å². The number of carbonyl (C=O) groups is 4. The smallest absolute Gasteiger partial charge is 0.334 e. The third kappa shape index (κ3) is 2.08. The summed E-state index contributed by atoms with van der Waals surface area (Å²) in [7, 11) is 1.19. The van der Waals surface area contributed by atoms with E-state index in [0.717, 1.165) is 6.08 Å². The molecule has 86 valence electrons. The highest BCUT2D eigenvalue weighted by atomic mass is 16.4. The second kappa shape index (κ2) is 4.13. The second-order valence-electron chi connectivity index (χ2n) is 3.37. The molecule has 0 unspecified atom stereocenters. The molecule has 1 rings (SSSR count). The van der Waals surface area contributed by atoms with E-state index in [2.05, 4.69) is 0 Å². The number of carboxylic acids is 1. The molecule has 1 aliphatic heterocycles. The van der Waals surface area contributed by atoms with Crippen LogP contribution in [0.3, 0.4) is 0 Å². The summed E-state index contributed by atoms with van der Waals surface area (Å²) in [6, 6.07) is -0.742. The first-order valence-corrected chi connectivity index (χ1v) is 4.38. The first-order valence-electron chi connectivity index (χ1n) is 4.38. The van der Waals surface area contributed by atoms with Crippen LogP contribution in [-0.4, -0.2) is 52.3 Å². The van der Waals surface area contributed by atoms with Crippen LogP contribution in [0.15, 0.2) is 11.6 Å². The number of imide groups is 2. The molecule has 0 aliphatic carbocycles. The van der Waals surface area contributed by atoms with Crippen LogP contribution in [0.5, 0.6) is 0 Å². The number of hydrogen-bond acceptors (Lipinski definition) is 4. The minimum Gasteiger partial charge on any atom is -0.478 e. The molecule has 0 spiro atoms. The molecule has 1 N–H and O–H groups in total. The standard InChI is InChI=1S/C9H10N2O5/c1-5(3-6(12)13)4-11-8(15)7(14)10(2)9(11)16/h3H,4H2,1-2H3,(H,12,13). The van der Waals surface area contributed by atoms with Crippen LogP contribution in [0.25, 0.3) is 0 Å². The highest BCUT2D eigenvalue weighted by molar-refractivity contribution is 6.44. The molecule has 1 fully saturated rings. The Morgan fingerprint density at radius 2 is 1.88 bits per heavy atom. The van der Waals surface area contributed by atoms with Crippen molar-refractivity contribution in [3.8, 4) is 0 Å². The zero-order valence-corrected chi connectivity index (χ0v) is 8.76. The summed E-state index contributed by atoms with van der Waals surface area (Å²) in [6.07, 6.45) is 0.878. The lowest BCUT2D eigenvalue weighted by Gasteiger charge is -2.12. The van der Waals surface area contributed by atoms with E-state index in [0.29, 0.717) is 15.4 Å². The van der Waals surface area contributed by atoms with Crippen LogP contribution in [0.2, 0.25) is 0 Å². The molecule has 0 aromatic rings. The topological polar surface area (TPSA) is 95.0 Å². The van der Waals surface area contributed by atoms with Crippen molar-refractivity contribution in [3.63, 3.8) is 0 Å². The van der Waals surface area contributed by atoms with Crippen LogP contribution >= 0.6 is 0 Å². The molecule has 7 nitrogen and oxygen atoms in total. The largest absolute Gasteiger partial charge is 0.478 e. The zero-order chi connectivity index (χ0) is 12.5. The van der Waals surface area contributed by atoms with E-state index in [1.807, 2.05) is 0 Å². The van der Waals surface area contributed by atoms with E-state index in [9.17, 15) is 19.2 Å². The highest BCUT2D eigenvalue weighted by Gasteiger charge is 2.41. The van der Waals surface area contributed by atoms with E-state index in [1.165, 1.54) is 14.0 Å². The van der Waals surface area contributed by atoms with E-state index >= 15 is 0 Å². The number of carboxylic acid groups (broad SMARTS) is 1. The van der Waals surface area contributed by atoms with Gasteiger partial charge in [-0.25, -0.2) is 9.59 Å². The monoisotopic (exact) mass is 226 g/mol. The van der Waals surface area contributed by atoms with Crippen molar-refractivity contribution in [2.75, 3.05) is 13.6 Å². The van der Waals surface area contributed by atoms with Crippen molar-refractivity contribution in [1.29, 1.82) is 0 Å². The number of hydrogen-bond donors (Lipinski definition) is 1. The van der Waals surface area contributed by atoms with Gasteiger partial charge < -0.3 is 5.11 Å². The Hall–Kier alpha value is -2.18. The van der Waals surface area contributed by atoms with E-state index in [4.69, 9.17) is 5.11 Å². The Morgan fingerprint density at radius 3 is 2.25 bits per heavy atom. The van der Waals surface area contributed by atoms with Gasteiger partial charge in [0.05, 0.1) is 6.54 Å². The molecule has 0 aromatic carbocycles. The van der Waals surface area contributed by atoms with E-state index in [1.54, 1.807) is 0 Å². The Morgan fingerprint density at radius 1 is 1.31 bits per heavy atom. The van der Waals surface area contributed by atoms with Crippen molar-refractivity contribution in [2.45, 2.75) is 6.92 Å². The summed E-state index contributed by atoms with van der Waals surface area (Å²) in [5.41, 5.74) is 0.303. The molecule has 4 amide bonds. The summed E-state index contributed by atoms with van der Waals surface area (Å²) in [6.45, 7) is 1.26. The summed E-state index contributed by atoms with van der Waals surface area (Å²) >= 11 is 0. The van der Waals surface area contributed by atoms with Crippen LogP contribution in [-0.2, 0) is 14.4 Å². The lowest BCUT2D eigenvalue weighted by molar-refractivity contribution is -0.142. The summed E-state index contributed by atoms with van der Waals surface area (Å²) in [5.74, 6) is -3.02. The van der Waals surface area contributed by atoms with Gasteiger partial charge in [0.25, 0.3) is 0 Å². The maximum Gasteiger partial charge on any atom is 0.334 e. The van der Waals surface area contributed by atoms with Crippen molar-refractivity contribution in [3.05, 3.63) is 11.6 Å². The average Bonchev–Trinajstić information content (AvgIpc) is 2.34. The maximum atomic E-state index is 11.4. The van der Waals surface area contributed by atoms with Crippen molar-refractivity contribution in [1.82, 2.24) is 9.80 Å². The van der Waals surface area contributed by atoms with Crippen LogP contribution in [0.4, 0.5) is 4.79 Å². The molecule has 16 heavy (non-hydrogen) atoms. The van der Waals surface area contributed by atoms with Gasteiger partial charge in [0.1, 0.15) is 0 Å². The minimum atomic E-state index is -1.17. The fraction of sp³-hybridized carbons (Fsp3) is 0.333. The number of aliphatic carboxylic acids is 1. The molecular formula is C9H10N2O5. The molecule has 0 aromatic heterocycles. The van der Waals surface area contributed by atoms with Gasteiger partial charge in [-0.05, 0) is 12.5 Å². The van der Waals surface area contributed by atoms with Gasteiger partial charge in [-0.15, -0.1) is 0 Å². The number of amides is 4. The fourth-order valence-electron chi connectivity index (χ4n) is 1.26. The first-order chi connectivity index (χ1) is 7.34. The molecule has 7 heteroatoms. The molecule has 0 bridgehead atoms. The Kier molecular flexibility index (Phi) is 3.07. The SMILES string of the molecule is CC(=CC(=O)O)CN1C(=O)C(=O)N(C)C1=O. The van der Waals surface area contributed by atoms with Crippen LogP contribution in [0, 0.1) is 0 Å². The van der Waals surface area contributed by atoms with Gasteiger partial charge in [-0.3, -0.25) is 19.4 Å². The molecular weight excluding hydrogens is 216 g/mol. The Bertz CT molecular complexity index is 412. The van der Waals surface area contributed by atoms with Gasteiger partial charge >= 0.3 is 23.8 Å². The Labute approximate surface area is 90.9 Å². The predicted octanol–water partition coefficient (Wildman–Crippen LogP) is -0.562. The molecule has 1 aliphatic rings. The minimum absolute atomic E-state index is 0.194. The molecule has 0 saturated carbocycles. The first kappa shape index (κ1) is 11.9. The van der Waals surface area contributed by atoms with Gasteiger partial charge in [-0.1, -0.05) is 0 Å². The average molecular weight is 226 g/mol. The number of urea groups is 1. The molecule has 1 heterocycles. The van der Waals surface area contributed by atoms with Crippen molar-refractivity contribution in [2.24, 2.45) is 0 Å². The highest BCUT2D eigenvalue weighted by Crippen LogP contribution is 2.11. The van der Waals surface area contributed by atoms with Crippen LogP contribution < -0.4 is 0 Å². The number of likely N-dealkylation sites (N-methyl/N-ethyl adjacent to an activating group) is 1.